The van der Waals surface area contributed by atoms with Crippen LogP contribution >= 0.6 is 0 Å². The molecule has 0 aromatic heterocycles. The highest BCUT2D eigenvalue weighted by molar-refractivity contribution is 5.32. The molecule has 0 aliphatic carbocycles. The molecule has 0 fully saturated rings. The van der Waals surface area contributed by atoms with E-state index in [1.807, 2.05) is 12.1 Å². The van der Waals surface area contributed by atoms with Crippen molar-refractivity contribution in [2.24, 2.45) is 0 Å². The largest absolute Gasteiger partial charge is 0.497 e. The first-order chi connectivity index (χ1) is 6.76. The first kappa shape index (κ1) is 10.6. The van der Waals surface area contributed by atoms with Crippen molar-refractivity contribution in [2.45, 2.75) is 6.10 Å². The zero-order valence-corrected chi connectivity index (χ0v) is 8.14. The minimum absolute atomic E-state index is 0.205. The van der Waals surface area contributed by atoms with Crippen LogP contribution in [-0.2, 0) is 0 Å². The SMILES string of the molecule is C=CC(O)COc1cccc(OC)c1. The summed E-state index contributed by atoms with van der Waals surface area (Å²) < 4.78 is 10.3. The molecule has 0 spiro atoms. The standard InChI is InChI=1S/C11H14O3/c1-3-9(12)8-14-11-6-4-5-10(7-11)13-2/h3-7,9,12H,1,8H2,2H3. The van der Waals surface area contributed by atoms with Crippen LogP contribution in [0.5, 0.6) is 11.5 Å². The van der Waals surface area contributed by atoms with E-state index in [0.29, 0.717) is 5.75 Å². The Balaban J connectivity index is 2.54. The van der Waals surface area contributed by atoms with Gasteiger partial charge < -0.3 is 14.6 Å². The van der Waals surface area contributed by atoms with Crippen LogP contribution in [0.15, 0.2) is 36.9 Å². The Morgan fingerprint density at radius 2 is 2.21 bits per heavy atom. The van der Waals surface area contributed by atoms with Crippen LogP contribution in [0.25, 0.3) is 0 Å². The Kier molecular flexibility index (Phi) is 4.01. The number of hydrogen-bond acceptors (Lipinski definition) is 3. The van der Waals surface area contributed by atoms with Gasteiger partial charge in [-0.25, -0.2) is 0 Å². The van der Waals surface area contributed by atoms with Crippen molar-refractivity contribution in [3.63, 3.8) is 0 Å². The fraction of sp³-hybridized carbons (Fsp3) is 0.273. The van der Waals surface area contributed by atoms with Gasteiger partial charge in [-0.05, 0) is 12.1 Å². The average molecular weight is 194 g/mol. The van der Waals surface area contributed by atoms with E-state index >= 15 is 0 Å². The number of aliphatic hydroxyl groups is 1. The van der Waals surface area contributed by atoms with Crippen LogP contribution in [0.2, 0.25) is 0 Å². The lowest BCUT2D eigenvalue weighted by Gasteiger charge is -2.09. The molecular formula is C11H14O3. The van der Waals surface area contributed by atoms with Gasteiger partial charge in [-0.1, -0.05) is 12.1 Å². The van der Waals surface area contributed by atoms with Crippen LogP contribution in [-0.4, -0.2) is 24.9 Å². The molecule has 0 heterocycles. The fourth-order valence-corrected chi connectivity index (χ4v) is 0.941. The van der Waals surface area contributed by atoms with Gasteiger partial charge in [0.05, 0.1) is 7.11 Å². The molecule has 0 saturated heterocycles. The summed E-state index contributed by atoms with van der Waals surface area (Å²) in [7, 11) is 1.59. The van der Waals surface area contributed by atoms with E-state index in [-0.39, 0.29) is 6.61 Å². The smallest absolute Gasteiger partial charge is 0.123 e. The summed E-state index contributed by atoms with van der Waals surface area (Å²) in [5.41, 5.74) is 0. The second kappa shape index (κ2) is 5.29. The van der Waals surface area contributed by atoms with Gasteiger partial charge >= 0.3 is 0 Å². The lowest BCUT2D eigenvalue weighted by molar-refractivity contribution is 0.144. The number of ether oxygens (including phenoxy) is 2. The van der Waals surface area contributed by atoms with Crippen molar-refractivity contribution in [1.29, 1.82) is 0 Å². The van der Waals surface area contributed by atoms with E-state index < -0.39 is 6.10 Å². The fourth-order valence-electron chi connectivity index (χ4n) is 0.941. The van der Waals surface area contributed by atoms with E-state index in [0.717, 1.165) is 5.75 Å². The molecule has 0 aliphatic heterocycles. The maximum Gasteiger partial charge on any atom is 0.123 e. The van der Waals surface area contributed by atoms with Crippen molar-refractivity contribution in [3.8, 4) is 11.5 Å². The monoisotopic (exact) mass is 194 g/mol. The van der Waals surface area contributed by atoms with E-state index in [9.17, 15) is 5.11 Å². The second-order valence-corrected chi connectivity index (χ2v) is 2.79. The van der Waals surface area contributed by atoms with E-state index in [4.69, 9.17) is 9.47 Å². The highest BCUT2D eigenvalue weighted by atomic mass is 16.5. The summed E-state index contributed by atoms with van der Waals surface area (Å²) in [5.74, 6) is 1.40. The van der Waals surface area contributed by atoms with E-state index in [1.165, 1.54) is 6.08 Å². The third-order valence-corrected chi connectivity index (χ3v) is 1.73. The molecule has 0 saturated carbocycles. The third kappa shape index (κ3) is 3.11. The van der Waals surface area contributed by atoms with E-state index in [1.54, 1.807) is 19.2 Å². The molecule has 1 unspecified atom stereocenters. The highest BCUT2D eigenvalue weighted by Gasteiger charge is 2.00. The molecule has 0 aliphatic rings. The molecule has 0 amide bonds. The molecule has 76 valence electrons. The Morgan fingerprint density at radius 3 is 2.86 bits per heavy atom. The van der Waals surface area contributed by atoms with Gasteiger partial charge in [0.25, 0.3) is 0 Å². The van der Waals surface area contributed by atoms with Gasteiger partial charge in [-0.3, -0.25) is 0 Å². The summed E-state index contributed by atoms with van der Waals surface area (Å²) in [4.78, 5) is 0. The van der Waals surface area contributed by atoms with Crippen molar-refractivity contribution in [1.82, 2.24) is 0 Å². The van der Waals surface area contributed by atoms with Gasteiger partial charge in [0.2, 0.25) is 0 Å². The van der Waals surface area contributed by atoms with Gasteiger partial charge in [0.15, 0.2) is 0 Å². The van der Waals surface area contributed by atoms with Crippen LogP contribution in [0.4, 0.5) is 0 Å². The Bertz CT molecular complexity index is 296. The number of aliphatic hydroxyl groups excluding tert-OH is 1. The molecule has 3 nitrogen and oxygen atoms in total. The highest BCUT2D eigenvalue weighted by Crippen LogP contribution is 2.18. The van der Waals surface area contributed by atoms with Crippen LogP contribution < -0.4 is 9.47 Å². The number of hydrogen-bond donors (Lipinski definition) is 1. The predicted molar refractivity (Wildman–Crippen MR) is 54.7 cm³/mol. The maximum absolute atomic E-state index is 9.17. The summed E-state index contributed by atoms with van der Waals surface area (Å²) in [6.45, 7) is 3.66. The zero-order chi connectivity index (χ0) is 10.4. The quantitative estimate of drug-likeness (QED) is 0.724. The Morgan fingerprint density at radius 1 is 1.50 bits per heavy atom. The third-order valence-electron chi connectivity index (χ3n) is 1.73. The number of rotatable bonds is 5. The summed E-state index contributed by atoms with van der Waals surface area (Å²) in [6, 6.07) is 7.22. The summed E-state index contributed by atoms with van der Waals surface area (Å²) in [5, 5.41) is 9.17. The molecular weight excluding hydrogens is 180 g/mol. The lowest BCUT2D eigenvalue weighted by Crippen LogP contribution is -2.14. The molecule has 3 heteroatoms. The van der Waals surface area contributed by atoms with Crippen molar-refractivity contribution in [2.75, 3.05) is 13.7 Å². The van der Waals surface area contributed by atoms with Crippen molar-refractivity contribution < 1.29 is 14.6 Å². The normalized spacial score (nSPS) is 11.9. The molecule has 0 radical (unpaired) electrons. The molecule has 1 aromatic rings. The van der Waals surface area contributed by atoms with Crippen molar-refractivity contribution >= 4 is 0 Å². The Hall–Kier alpha value is -1.48. The van der Waals surface area contributed by atoms with Gasteiger partial charge in [0, 0.05) is 6.07 Å². The summed E-state index contributed by atoms with van der Waals surface area (Å²) in [6.07, 6.45) is 0.793. The molecule has 1 aromatic carbocycles. The number of benzene rings is 1. The zero-order valence-electron chi connectivity index (χ0n) is 8.14. The van der Waals surface area contributed by atoms with Crippen LogP contribution in [0, 0.1) is 0 Å². The van der Waals surface area contributed by atoms with Crippen molar-refractivity contribution in [3.05, 3.63) is 36.9 Å². The van der Waals surface area contributed by atoms with E-state index in [2.05, 4.69) is 6.58 Å². The van der Waals surface area contributed by atoms with Crippen LogP contribution in [0.1, 0.15) is 0 Å². The van der Waals surface area contributed by atoms with Crippen LogP contribution in [0.3, 0.4) is 0 Å². The second-order valence-electron chi connectivity index (χ2n) is 2.79. The number of methoxy groups -OCH3 is 1. The minimum Gasteiger partial charge on any atom is -0.497 e. The van der Waals surface area contributed by atoms with Gasteiger partial charge in [-0.15, -0.1) is 6.58 Å². The molecule has 1 N–H and O–H groups in total. The molecule has 1 rings (SSSR count). The first-order valence-electron chi connectivity index (χ1n) is 4.33. The first-order valence-corrected chi connectivity index (χ1v) is 4.33. The topological polar surface area (TPSA) is 38.7 Å². The summed E-state index contributed by atoms with van der Waals surface area (Å²) >= 11 is 0. The molecule has 0 bridgehead atoms. The molecule has 1 atom stereocenters. The Labute approximate surface area is 83.6 Å². The average Bonchev–Trinajstić information content (AvgIpc) is 2.26. The molecule has 14 heavy (non-hydrogen) atoms. The van der Waals surface area contributed by atoms with Gasteiger partial charge in [0.1, 0.15) is 24.2 Å². The minimum atomic E-state index is -0.638. The lowest BCUT2D eigenvalue weighted by atomic mass is 10.3. The van der Waals surface area contributed by atoms with Gasteiger partial charge in [-0.2, -0.15) is 0 Å². The maximum atomic E-state index is 9.17. The predicted octanol–water partition coefficient (Wildman–Crippen LogP) is 1.62.